The first-order chi connectivity index (χ1) is 11.7. The fourth-order valence-corrected chi connectivity index (χ4v) is 3.42. The van der Waals surface area contributed by atoms with Crippen molar-refractivity contribution in [2.75, 3.05) is 24.6 Å². The molecule has 1 saturated heterocycles. The maximum absolute atomic E-state index is 11.9. The first-order valence-electron chi connectivity index (χ1n) is 8.31. The lowest BCUT2D eigenvalue weighted by Crippen LogP contribution is -2.41. The lowest BCUT2D eigenvalue weighted by atomic mass is 10.2. The Morgan fingerprint density at radius 3 is 3.08 bits per heavy atom. The van der Waals surface area contributed by atoms with Gasteiger partial charge in [-0.25, -0.2) is 4.98 Å². The van der Waals surface area contributed by atoms with Gasteiger partial charge in [0.2, 0.25) is 5.91 Å². The van der Waals surface area contributed by atoms with Crippen LogP contribution in [0.1, 0.15) is 23.8 Å². The number of aromatic nitrogens is 1. The van der Waals surface area contributed by atoms with E-state index >= 15 is 0 Å². The number of hydrogen-bond donors (Lipinski definition) is 1. The molecule has 0 bridgehead atoms. The van der Waals surface area contributed by atoms with Gasteiger partial charge in [0.1, 0.15) is 5.82 Å². The second-order valence-electron chi connectivity index (χ2n) is 6.01. The van der Waals surface area contributed by atoms with Crippen LogP contribution in [0.25, 0.3) is 0 Å². The summed E-state index contributed by atoms with van der Waals surface area (Å²) in [5.41, 5.74) is 1.02. The first kappa shape index (κ1) is 16.9. The fourth-order valence-electron chi connectivity index (χ4n) is 2.72. The summed E-state index contributed by atoms with van der Waals surface area (Å²) in [6.07, 6.45) is 3.41. The standard InChI is InChI=1S/C18H23N3O2S/c1-14-13-21(8-9-23-14)17-6-4-15(11-19-17)12-20-18(22)7-5-16-3-2-10-24-16/h2-4,6,10-11,14H,5,7-9,12-13H2,1H3,(H,20,22). The molecule has 24 heavy (non-hydrogen) atoms. The zero-order valence-electron chi connectivity index (χ0n) is 13.9. The first-order valence-corrected chi connectivity index (χ1v) is 9.19. The second-order valence-corrected chi connectivity index (χ2v) is 7.04. The highest BCUT2D eigenvalue weighted by molar-refractivity contribution is 7.09. The Labute approximate surface area is 146 Å². The van der Waals surface area contributed by atoms with E-state index < -0.39 is 0 Å². The Morgan fingerprint density at radius 1 is 1.46 bits per heavy atom. The van der Waals surface area contributed by atoms with Gasteiger partial charge in [-0.05, 0) is 36.4 Å². The normalized spacial score (nSPS) is 17.7. The van der Waals surface area contributed by atoms with Crippen LogP contribution >= 0.6 is 11.3 Å². The van der Waals surface area contributed by atoms with E-state index in [4.69, 9.17) is 4.74 Å². The van der Waals surface area contributed by atoms with E-state index in [0.717, 1.165) is 37.5 Å². The number of thiophene rings is 1. The van der Waals surface area contributed by atoms with E-state index in [0.29, 0.717) is 13.0 Å². The van der Waals surface area contributed by atoms with Gasteiger partial charge in [0, 0.05) is 37.1 Å². The highest BCUT2D eigenvalue weighted by Crippen LogP contribution is 2.15. The van der Waals surface area contributed by atoms with Crippen LogP contribution < -0.4 is 10.2 Å². The number of rotatable bonds is 6. The van der Waals surface area contributed by atoms with Crippen LogP contribution in [0.3, 0.4) is 0 Å². The van der Waals surface area contributed by atoms with Gasteiger partial charge < -0.3 is 15.0 Å². The SMILES string of the molecule is CC1CN(c2ccc(CNC(=O)CCc3cccs3)cn2)CCO1. The summed E-state index contributed by atoms with van der Waals surface area (Å²) in [5.74, 6) is 1.05. The molecule has 1 amide bonds. The van der Waals surface area contributed by atoms with Crippen molar-refractivity contribution in [1.82, 2.24) is 10.3 Å². The van der Waals surface area contributed by atoms with E-state index in [1.54, 1.807) is 11.3 Å². The molecule has 1 N–H and O–H groups in total. The van der Waals surface area contributed by atoms with Gasteiger partial charge in [-0.2, -0.15) is 0 Å². The zero-order valence-corrected chi connectivity index (χ0v) is 14.7. The van der Waals surface area contributed by atoms with Crippen LogP contribution in [0.2, 0.25) is 0 Å². The Kier molecular flexibility index (Phi) is 5.82. The second kappa shape index (κ2) is 8.26. The average Bonchev–Trinajstić information content (AvgIpc) is 3.12. The molecule has 1 aliphatic heterocycles. The van der Waals surface area contributed by atoms with Gasteiger partial charge in [0.25, 0.3) is 0 Å². The van der Waals surface area contributed by atoms with Crippen molar-refractivity contribution < 1.29 is 9.53 Å². The van der Waals surface area contributed by atoms with E-state index in [1.165, 1.54) is 4.88 Å². The minimum atomic E-state index is 0.0782. The summed E-state index contributed by atoms with van der Waals surface area (Å²) in [5, 5.41) is 5.00. The molecule has 2 aromatic heterocycles. The number of carbonyl (C=O) groups is 1. The Bertz CT molecular complexity index is 643. The van der Waals surface area contributed by atoms with Gasteiger partial charge in [-0.15, -0.1) is 11.3 Å². The number of pyridine rings is 1. The molecule has 2 aromatic rings. The summed E-state index contributed by atoms with van der Waals surface area (Å²) in [6, 6.07) is 8.13. The highest BCUT2D eigenvalue weighted by Gasteiger charge is 2.17. The van der Waals surface area contributed by atoms with Crippen molar-refractivity contribution in [2.45, 2.75) is 32.4 Å². The maximum atomic E-state index is 11.9. The van der Waals surface area contributed by atoms with E-state index in [-0.39, 0.29) is 12.0 Å². The predicted octanol–water partition coefficient (Wildman–Crippen LogP) is 2.62. The van der Waals surface area contributed by atoms with Gasteiger partial charge in [0.05, 0.1) is 12.7 Å². The summed E-state index contributed by atoms with van der Waals surface area (Å²) < 4.78 is 5.55. The lowest BCUT2D eigenvalue weighted by Gasteiger charge is -2.32. The lowest BCUT2D eigenvalue weighted by molar-refractivity contribution is -0.121. The number of amides is 1. The summed E-state index contributed by atoms with van der Waals surface area (Å²) >= 11 is 1.69. The van der Waals surface area contributed by atoms with Gasteiger partial charge in [0.15, 0.2) is 0 Å². The summed E-state index contributed by atoms with van der Waals surface area (Å²) in [4.78, 5) is 19.9. The quantitative estimate of drug-likeness (QED) is 0.874. The molecule has 0 aromatic carbocycles. The molecule has 0 radical (unpaired) electrons. The van der Waals surface area contributed by atoms with Crippen LogP contribution in [0.15, 0.2) is 35.8 Å². The van der Waals surface area contributed by atoms with Crippen molar-refractivity contribution in [3.05, 3.63) is 46.3 Å². The molecule has 0 aliphatic carbocycles. The number of nitrogens with one attached hydrogen (secondary N) is 1. The zero-order chi connectivity index (χ0) is 16.8. The minimum absolute atomic E-state index is 0.0782. The monoisotopic (exact) mass is 345 g/mol. The Morgan fingerprint density at radius 2 is 2.38 bits per heavy atom. The smallest absolute Gasteiger partial charge is 0.220 e. The Hall–Kier alpha value is -1.92. The van der Waals surface area contributed by atoms with Crippen LogP contribution in [0.4, 0.5) is 5.82 Å². The third-order valence-electron chi connectivity index (χ3n) is 4.04. The van der Waals surface area contributed by atoms with Crippen LogP contribution in [-0.2, 0) is 22.5 Å². The number of carbonyl (C=O) groups excluding carboxylic acids is 1. The molecule has 1 fully saturated rings. The van der Waals surface area contributed by atoms with Gasteiger partial charge in [-0.1, -0.05) is 12.1 Å². The van der Waals surface area contributed by atoms with Crippen LogP contribution in [0.5, 0.6) is 0 Å². The summed E-state index contributed by atoms with van der Waals surface area (Å²) in [6.45, 7) is 5.08. The van der Waals surface area contributed by atoms with Crippen molar-refractivity contribution >= 4 is 23.1 Å². The number of hydrogen-bond acceptors (Lipinski definition) is 5. The number of ether oxygens (including phenoxy) is 1. The minimum Gasteiger partial charge on any atom is -0.375 e. The highest BCUT2D eigenvalue weighted by atomic mass is 32.1. The van der Waals surface area contributed by atoms with Gasteiger partial charge >= 0.3 is 0 Å². The molecule has 6 heteroatoms. The molecule has 1 atom stereocenters. The van der Waals surface area contributed by atoms with E-state index in [2.05, 4.69) is 28.2 Å². The topological polar surface area (TPSA) is 54.5 Å². The van der Waals surface area contributed by atoms with Crippen molar-refractivity contribution in [1.29, 1.82) is 0 Å². The molecule has 1 unspecified atom stereocenters. The molecule has 3 rings (SSSR count). The van der Waals surface area contributed by atoms with Gasteiger partial charge in [-0.3, -0.25) is 4.79 Å². The van der Waals surface area contributed by atoms with Crippen molar-refractivity contribution in [3.8, 4) is 0 Å². The number of anilines is 1. The number of aryl methyl sites for hydroxylation is 1. The average molecular weight is 345 g/mol. The molecular formula is C18H23N3O2S. The molecule has 1 aliphatic rings. The third kappa shape index (κ3) is 4.79. The third-order valence-corrected chi connectivity index (χ3v) is 4.98. The van der Waals surface area contributed by atoms with E-state index in [9.17, 15) is 4.79 Å². The van der Waals surface area contributed by atoms with Crippen molar-refractivity contribution in [3.63, 3.8) is 0 Å². The fraction of sp³-hybridized carbons (Fsp3) is 0.444. The largest absolute Gasteiger partial charge is 0.375 e. The molecule has 128 valence electrons. The maximum Gasteiger partial charge on any atom is 0.220 e. The molecule has 5 nitrogen and oxygen atoms in total. The van der Waals surface area contributed by atoms with E-state index in [1.807, 2.05) is 29.8 Å². The van der Waals surface area contributed by atoms with Crippen LogP contribution in [-0.4, -0.2) is 36.7 Å². The molecular weight excluding hydrogens is 322 g/mol. The van der Waals surface area contributed by atoms with Crippen molar-refractivity contribution in [2.24, 2.45) is 0 Å². The summed E-state index contributed by atoms with van der Waals surface area (Å²) in [7, 11) is 0. The van der Waals surface area contributed by atoms with Crippen LogP contribution in [0, 0.1) is 0 Å². The Balaban J connectivity index is 1.44. The number of nitrogens with zero attached hydrogens (tertiary/aromatic N) is 2. The molecule has 3 heterocycles. The number of morpholine rings is 1. The predicted molar refractivity (Wildman–Crippen MR) is 96.4 cm³/mol. The molecule has 0 spiro atoms. The molecule has 0 saturated carbocycles.